The Kier molecular flexibility index (Phi) is 2.91. The molecule has 0 bridgehead atoms. The minimum atomic E-state index is -0.296. The normalized spacial score (nSPS) is 15.3. The van der Waals surface area contributed by atoms with E-state index in [1.54, 1.807) is 6.07 Å². The number of fused-ring (bicyclic) bond motifs is 1. The van der Waals surface area contributed by atoms with Gasteiger partial charge in [0.25, 0.3) is 0 Å². The van der Waals surface area contributed by atoms with Crippen LogP contribution < -0.4 is 0 Å². The van der Waals surface area contributed by atoms with Crippen molar-refractivity contribution in [3.8, 4) is 11.4 Å². The summed E-state index contributed by atoms with van der Waals surface area (Å²) in [4.78, 5) is 17.6. The Bertz CT molecular complexity index is 636. The summed E-state index contributed by atoms with van der Waals surface area (Å²) in [5.74, 6) is 0.375. The third-order valence-electron chi connectivity index (χ3n) is 3.42. The van der Waals surface area contributed by atoms with Crippen LogP contribution in [-0.2, 0) is 13.1 Å². The van der Waals surface area contributed by atoms with Crippen LogP contribution in [0.5, 0.6) is 0 Å². The molecule has 3 rings (SSSR count). The van der Waals surface area contributed by atoms with E-state index in [9.17, 15) is 9.18 Å². The highest BCUT2D eigenvalue weighted by Crippen LogP contribution is 2.25. The molecule has 1 aromatic carbocycles. The van der Waals surface area contributed by atoms with Crippen molar-refractivity contribution in [2.45, 2.75) is 13.1 Å². The molecule has 0 aliphatic carbocycles. The van der Waals surface area contributed by atoms with Gasteiger partial charge in [0.15, 0.2) is 6.29 Å². The van der Waals surface area contributed by atoms with Crippen LogP contribution in [0, 0.1) is 5.82 Å². The lowest BCUT2D eigenvalue weighted by atomic mass is 10.2. The van der Waals surface area contributed by atoms with Gasteiger partial charge in [-0.2, -0.15) is 0 Å². The Hall–Kier alpha value is -2.01. The summed E-state index contributed by atoms with van der Waals surface area (Å²) < 4.78 is 15.3. The highest BCUT2D eigenvalue weighted by atomic mass is 19.1. The van der Waals surface area contributed by atoms with Crippen molar-refractivity contribution in [2.75, 3.05) is 13.6 Å². The van der Waals surface area contributed by atoms with Gasteiger partial charge >= 0.3 is 0 Å². The fraction of sp³-hybridized carbons (Fsp3) is 0.286. The number of aldehydes is 1. The molecule has 4 nitrogen and oxygen atoms in total. The highest BCUT2D eigenvalue weighted by Gasteiger charge is 2.22. The molecular formula is C14H14FN3O. The number of halogens is 1. The van der Waals surface area contributed by atoms with Crippen LogP contribution in [0.3, 0.4) is 0 Å². The van der Waals surface area contributed by atoms with Gasteiger partial charge in [0.05, 0.1) is 5.69 Å². The van der Waals surface area contributed by atoms with Crippen LogP contribution in [0.2, 0.25) is 0 Å². The maximum Gasteiger partial charge on any atom is 0.170 e. The number of nitrogens with zero attached hydrogens (tertiary/aromatic N) is 3. The molecule has 2 heterocycles. The van der Waals surface area contributed by atoms with E-state index in [1.807, 2.05) is 17.7 Å². The molecule has 0 radical (unpaired) electrons. The molecule has 0 saturated carbocycles. The number of hydrogen-bond donors (Lipinski definition) is 0. The SMILES string of the molecule is CN1CCn2c(-c3cccc(F)c3)nc(C=O)c2C1. The number of rotatable bonds is 2. The van der Waals surface area contributed by atoms with E-state index in [4.69, 9.17) is 0 Å². The van der Waals surface area contributed by atoms with Gasteiger partial charge in [-0.15, -0.1) is 0 Å². The Morgan fingerprint density at radius 1 is 1.37 bits per heavy atom. The average molecular weight is 259 g/mol. The molecule has 0 saturated heterocycles. The van der Waals surface area contributed by atoms with Crippen LogP contribution in [0.4, 0.5) is 4.39 Å². The topological polar surface area (TPSA) is 38.1 Å². The van der Waals surface area contributed by atoms with Gasteiger partial charge in [-0.3, -0.25) is 9.69 Å². The number of aromatic nitrogens is 2. The van der Waals surface area contributed by atoms with Crippen LogP contribution in [0.1, 0.15) is 16.2 Å². The average Bonchev–Trinajstić information content (AvgIpc) is 2.76. The second-order valence-corrected chi connectivity index (χ2v) is 4.78. The zero-order valence-electron chi connectivity index (χ0n) is 10.6. The summed E-state index contributed by atoms with van der Waals surface area (Å²) >= 11 is 0. The number of benzene rings is 1. The van der Waals surface area contributed by atoms with Crippen molar-refractivity contribution in [2.24, 2.45) is 0 Å². The third-order valence-corrected chi connectivity index (χ3v) is 3.42. The molecule has 98 valence electrons. The van der Waals surface area contributed by atoms with Crippen LogP contribution in [-0.4, -0.2) is 34.3 Å². The molecular weight excluding hydrogens is 245 g/mol. The van der Waals surface area contributed by atoms with Crippen molar-refractivity contribution >= 4 is 6.29 Å². The first-order valence-corrected chi connectivity index (χ1v) is 6.18. The van der Waals surface area contributed by atoms with E-state index in [1.165, 1.54) is 12.1 Å². The highest BCUT2D eigenvalue weighted by molar-refractivity contribution is 5.76. The second kappa shape index (κ2) is 4.59. The van der Waals surface area contributed by atoms with Gasteiger partial charge < -0.3 is 4.57 Å². The van der Waals surface area contributed by atoms with Gasteiger partial charge in [0, 0.05) is 25.2 Å². The van der Waals surface area contributed by atoms with E-state index in [2.05, 4.69) is 9.88 Å². The maximum atomic E-state index is 13.3. The Balaban J connectivity index is 2.15. The molecule has 2 aromatic rings. The molecule has 1 aromatic heterocycles. The van der Waals surface area contributed by atoms with E-state index in [0.29, 0.717) is 23.6 Å². The summed E-state index contributed by atoms with van der Waals surface area (Å²) in [6.07, 6.45) is 0.772. The lowest BCUT2D eigenvalue weighted by molar-refractivity contribution is 0.111. The van der Waals surface area contributed by atoms with Gasteiger partial charge in [-0.05, 0) is 19.2 Å². The molecule has 0 spiro atoms. The van der Waals surface area contributed by atoms with E-state index >= 15 is 0 Å². The number of likely N-dealkylation sites (N-methyl/N-ethyl adjacent to an activating group) is 1. The largest absolute Gasteiger partial charge is 0.325 e. The monoisotopic (exact) mass is 259 g/mol. The first-order valence-electron chi connectivity index (χ1n) is 6.18. The zero-order chi connectivity index (χ0) is 13.4. The van der Waals surface area contributed by atoms with Gasteiger partial charge in [0.1, 0.15) is 17.3 Å². The van der Waals surface area contributed by atoms with E-state index < -0.39 is 0 Å². The maximum absolute atomic E-state index is 13.3. The molecule has 19 heavy (non-hydrogen) atoms. The molecule has 0 atom stereocenters. The molecule has 1 aliphatic heterocycles. The quantitative estimate of drug-likeness (QED) is 0.774. The summed E-state index contributed by atoms with van der Waals surface area (Å²) in [6, 6.07) is 6.31. The molecule has 0 amide bonds. The first-order chi connectivity index (χ1) is 9.19. The summed E-state index contributed by atoms with van der Waals surface area (Å²) in [7, 11) is 2.01. The summed E-state index contributed by atoms with van der Waals surface area (Å²) in [5, 5.41) is 0. The lowest BCUT2D eigenvalue weighted by Crippen LogP contribution is -2.30. The number of carbonyl (C=O) groups excluding carboxylic acids is 1. The van der Waals surface area contributed by atoms with Crippen molar-refractivity contribution in [1.29, 1.82) is 0 Å². The second-order valence-electron chi connectivity index (χ2n) is 4.78. The standard InChI is InChI=1S/C14H14FN3O/c1-17-5-6-18-13(8-17)12(9-19)16-14(18)10-3-2-4-11(15)7-10/h2-4,7,9H,5-6,8H2,1H3. The predicted molar refractivity (Wildman–Crippen MR) is 69.3 cm³/mol. The molecule has 0 unspecified atom stereocenters. The molecule has 5 heteroatoms. The van der Waals surface area contributed by atoms with Crippen molar-refractivity contribution in [1.82, 2.24) is 14.5 Å². The number of imidazole rings is 1. The zero-order valence-corrected chi connectivity index (χ0v) is 10.6. The fourth-order valence-corrected chi connectivity index (χ4v) is 2.46. The van der Waals surface area contributed by atoms with E-state index in [0.717, 1.165) is 25.1 Å². The smallest absolute Gasteiger partial charge is 0.170 e. The molecule has 0 N–H and O–H groups in total. The summed E-state index contributed by atoms with van der Waals surface area (Å²) in [5.41, 5.74) is 2.06. The van der Waals surface area contributed by atoms with Crippen molar-refractivity contribution in [3.63, 3.8) is 0 Å². The minimum Gasteiger partial charge on any atom is -0.325 e. The predicted octanol–water partition coefficient (Wildman–Crippen LogP) is 1.95. The lowest BCUT2D eigenvalue weighted by Gasteiger charge is -2.25. The Morgan fingerprint density at radius 2 is 2.21 bits per heavy atom. The fourth-order valence-electron chi connectivity index (χ4n) is 2.46. The van der Waals surface area contributed by atoms with Crippen LogP contribution in [0.25, 0.3) is 11.4 Å². The van der Waals surface area contributed by atoms with E-state index in [-0.39, 0.29) is 5.82 Å². The van der Waals surface area contributed by atoms with Gasteiger partial charge in [0.2, 0.25) is 0 Å². The third kappa shape index (κ3) is 2.06. The van der Waals surface area contributed by atoms with Crippen molar-refractivity contribution in [3.05, 3.63) is 41.5 Å². The Morgan fingerprint density at radius 3 is 2.95 bits per heavy atom. The van der Waals surface area contributed by atoms with Crippen molar-refractivity contribution < 1.29 is 9.18 Å². The number of hydrogen-bond acceptors (Lipinski definition) is 3. The first kappa shape index (κ1) is 12.0. The molecule has 0 fully saturated rings. The Labute approximate surface area is 110 Å². The van der Waals surface area contributed by atoms with Gasteiger partial charge in [-0.25, -0.2) is 9.37 Å². The number of carbonyl (C=O) groups is 1. The summed E-state index contributed by atoms with van der Waals surface area (Å²) in [6.45, 7) is 2.35. The van der Waals surface area contributed by atoms with Gasteiger partial charge in [-0.1, -0.05) is 12.1 Å². The van der Waals surface area contributed by atoms with Crippen LogP contribution in [0.15, 0.2) is 24.3 Å². The molecule has 1 aliphatic rings. The minimum absolute atomic E-state index is 0.296. The van der Waals surface area contributed by atoms with Crippen LogP contribution >= 0.6 is 0 Å².